The van der Waals surface area contributed by atoms with E-state index in [1.54, 1.807) is 0 Å². The Morgan fingerprint density at radius 2 is 1.88 bits per heavy atom. The monoisotopic (exact) mass is 456 g/mol. The number of hydrogen-bond donors (Lipinski definition) is 2. The molecule has 3 aromatic rings. The largest absolute Gasteiger partial charge is 0.368 e. The quantitative estimate of drug-likeness (QED) is 0.624. The lowest BCUT2D eigenvalue weighted by Gasteiger charge is -2.33. The third-order valence-electron chi connectivity index (χ3n) is 7.62. The average Bonchev–Trinajstić information content (AvgIpc) is 3.44. The van der Waals surface area contributed by atoms with E-state index in [0.717, 1.165) is 67.5 Å². The Morgan fingerprint density at radius 1 is 1.03 bits per heavy atom. The van der Waals surface area contributed by atoms with Gasteiger partial charge in [-0.1, -0.05) is 13.0 Å². The number of fused-ring (bicyclic) bond motifs is 2. The number of piperazine rings is 1. The van der Waals surface area contributed by atoms with E-state index in [2.05, 4.69) is 68.4 Å². The molecule has 7 nitrogen and oxygen atoms in total. The van der Waals surface area contributed by atoms with Gasteiger partial charge in [0.15, 0.2) is 0 Å². The molecule has 0 saturated carbocycles. The fourth-order valence-electron chi connectivity index (χ4n) is 5.53. The fourth-order valence-corrected chi connectivity index (χ4v) is 5.53. The van der Waals surface area contributed by atoms with Crippen LogP contribution in [0.2, 0.25) is 0 Å². The maximum Gasteiger partial charge on any atom is 0.254 e. The van der Waals surface area contributed by atoms with Gasteiger partial charge < -0.3 is 25.0 Å². The highest BCUT2D eigenvalue weighted by molar-refractivity contribution is 6.06. The third-order valence-corrected chi connectivity index (χ3v) is 7.62. The van der Waals surface area contributed by atoms with E-state index in [-0.39, 0.29) is 5.91 Å². The van der Waals surface area contributed by atoms with Crippen molar-refractivity contribution in [3.8, 4) is 11.1 Å². The first kappa shape index (κ1) is 21.2. The lowest BCUT2D eigenvalue weighted by Crippen LogP contribution is -2.44. The van der Waals surface area contributed by atoms with Gasteiger partial charge in [-0.2, -0.15) is 0 Å². The van der Waals surface area contributed by atoms with Crippen LogP contribution in [-0.4, -0.2) is 53.6 Å². The number of pyridine rings is 1. The van der Waals surface area contributed by atoms with Crippen LogP contribution < -0.4 is 15.5 Å². The summed E-state index contributed by atoms with van der Waals surface area (Å²) < 4.78 is 2.38. The van der Waals surface area contributed by atoms with Gasteiger partial charge in [-0.05, 0) is 61.2 Å². The van der Waals surface area contributed by atoms with E-state index < -0.39 is 0 Å². The molecular weight excluding hydrogens is 424 g/mol. The minimum absolute atomic E-state index is 0.0187. The van der Waals surface area contributed by atoms with Crippen molar-refractivity contribution in [1.29, 1.82) is 0 Å². The lowest BCUT2D eigenvalue weighted by atomic mass is 9.91. The maximum atomic E-state index is 12.8. The summed E-state index contributed by atoms with van der Waals surface area (Å²) in [6.07, 6.45) is 6.44. The number of hydrogen-bond acceptors (Lipinski definition) is 5. The summed E-state index contributed by atoms with van der Waals surface area (Å²) in [4.78, 5) is 22.2. The Morgan fingerprint density at radius 3 is 2.68 bits per heavy atom. The molecule has 2 N–H and O–H groups in total. The van der Waals surface area contributed by atoms with Gasteiger partial charge in [-0.15, -0.1) is 0 Å². The molecule has 3 aliphatic rings. The van der Waals surface area contributed by atoms with Gasteiger partial charge in [-0.3, -0.25) is 4.79 Å². The molecular formula is C27H32N6O. The molecule has 3 aliphatic heterocycles. The van der Waals surface area contributed by atoms with E-state index in [1.807, 2.05) is 18.3 Å². The van der Waals surface area contributed by atoms with Crippen molar-refractivity contribution < 1.29 is 4.79 Å². The van der Waals surface area contributed by atoms with E-state index >= 15 is 0 Å². The first-order valence-electron chi connectivity index (χ1n) is 12.4. The molecule has 1 aromatic carbocycles. The molecule has 0 aliphatic carbocycles. The Bertz CT molecular complexity index is 1220. The van der Waals surface area contributed by atoms with Gasteiger partial charge >= 0.3 is 0 Å². The van der Waals surface area contributed by atoms with Crippen LogP contribution in [0.1, 0.15) is 35.0 Å². The number of rotatable bonds is 4. The number of carbonyl (C=O) groups excluding carboxylic acids is 1. The molecule has 6 rings (SSSR count). The van der Waals surface area contributed by atoms with Crippen molar-refractivity contribution >= 4 is 23.1 Å². The number of likely N-dealkylation sites (N-methyl/N-ethyl adjacent to an activating group) is 1. The second-order valence-corrected chi connectivity index (χ2v) is 9.98. The molecule has 34 heavy (non-hydrogen) atoms. The highest BCUT2D eigenvalue weighted by Gasteiger charge is 2.28. The predicted octanol–water partition coefficient (Wildman–Crippen LogP) is 3.87. The van der Waals surface area contributed by atoms with E-state index in [4.69, 9.17) is 0 Å². The van der Waals surface area contributed by atoms with Crippen LogP contribution in [-0.2, 0) is 19.5 Å². The number of aryl methyl sites for hydroxylation is 1. The Hall–Kier alpha value is -3.32. The second-order valence-electron chi connectivity index (χ2n) is 9.98. The van der Waals surface area contributed by atoms with Crippen LogP contribution in [0.25, 0.3) is 11.1 Å². The molecule has 1 saturated heterocycles. The van der Waals surface area contributed by atoms with Gasteiger partial charge in [0.2, 0.25) is 0 Å². The number of carbonyl (C=O) groups is 1. The SMILES string of the molecule is C[C@H]1CCn2ccc(-c3ccc(Nc4ccc(N5CCN(C)CC5)cn4)c4c3CNC4=O)c2C1. The Labute approximate surface area is 200 Å². The second kappa shape index (κ2) is 8.47. The lowest BCUT2D eigenvalue weighted by molar-refractivity contribution is 0.0966. The number of benzene rings is 1. The van der Waals surface area contributed by atoms with E-state index in [9.17, 15) is 4.79 Å². The summed E-state index contributed by atoms with van der Waals surface area (Å²) in [5.41, 5.74) is 7.60. The van der Waals surface area contributed by atoms with Crippen molar-refractivity contribution in [2.45, 2.75) is 32.9 Å². The van der Waals surface area contributed by atoms with Crippen LogP contribution >= 0.6 is 0 Å². The van der Waals surface area contributed by atoms with Crippen LogP contribution in [0.4, 0.5) is 17.2 Å². The first-order valence-corrected chi connectivity index (χ1v) is 12.4. The zero-order chi connectivity index (χ0) is 23.2. The molecule has 0 bridgehead atoms. The normalized spacial score (nSPS) is 20.1. The van der Waals surface area contributed by atoms with Crippen molar-refractivity contribution in [1.82, 2.24) is 19.8 Å². The highest BCUT2D eigenvalue weighted by atomic mass is 16.1. The zero-order valence-corrected chi connectivity index (χ0v) is 20.0. The summed E-state index contributed by atoms with van der Waals surface area (Å²) >= 11 is 0. The fraction of sp³-hybridized carbons (Fsp3) is 0.407. The molecule has 1 atom stereocenters. The Kier molecular flexibility index (Phi) is 5.29. The number of anilines is 3. The van der Waals surface area contributed by atoms with Gasteiger partial charge in [0.1, 0.15) is 5.82 Å². The summed E-state index contributed by atoms with van der Waals surface area (Å²) in [7, 11) is 2.16. The molecule has 1 amide bonds. The topological polar surface area (TPSA) is 65.4 Å². The third kappa shape index (κ3) is 3.74. The number of nitrogens with zero attached hydrogens (tertiary/aromatic N) is 4. The average molecular weight is 457 g/mol. The number of nitrogens with one attached hydrogen (secondary N) is 2. The van der Waals surface area contributed by atoms with Crippen LogP contribution in [0.3, 0.4) is 0 Å². The molecule has 0 spiro atoms. The summed E-state index contributed by atoms with van der Waals surface area (Å²) in [6.45, 7) is 8.13. The molecule has 0 unspecified atom stereocenters. The molecule has 5 heterocycles. The summed E-state index contributed by atoms with van der Waals surface area (Å²) in [5, 5.41) is 6.45. The minimum atomic E-state index is -0.0187. The summed E-state index contributed by atoms with van der Waals surface area (Å²) in [5.74, 6) is 1.42. The first-order chi connectivity index (χ1) is 16.6. The van der Waals surface area contributed by atoms with Crippen molar-refractivity contribution in [3.05, 3.63) is 59.5 Å². The van der Waals surface area contributed by atoms with Crippen molar-refractivity contribution in [2.24, 2.45) is 5.92 Å². The summed E-state index contributed by atoms with van der Waals surface area (Å²) in [6, 6.07) is 10.5. The van der Waals surface area contributed by atoms with Gasteiger partial charge in [0.05, 0.1) is 23.1 Å². The zero-order valence-electron chi connectivity index (χ0n) is 20.0. The molecule has 1 fully saturated rings. The Balaban J connectivity index is 1.28. The number of amides is 1. The van der Waals surface area contributed by atoms with E-state index in [0.29, 0.717) is 12.5 Å². The van der Waals surface area contributed by atoms with Gasteiger partial charge in [0.25, 0.3) is 5.91 Å². The van der Waals surface area contributed by atoms with Crippen molar-refractivity contribution in [2.75, 3.05) is 43.4 Å². The van der Waals surface area contributed by atoms with E-state index in [1.165, 1.54) is 23.2 Å². The molecule has 2 aromatic heterocycles. The van der Waals surface area contributed by atoms with Crippen molar-refractivity contribution in [3.63, 3.8) is 0 Å². The minimum Gasteiger partial charge on any atom is -0.368 e. The smallest absolute Gasteiger partial charge is 0.254 e. The van der Waals surface area contributed by atoms with Crippen LogP contribution in [0, 0.1) is 5.92 Å². The van der Waals surface area contributed by atoms with Gasteiger partial charge in [0, 0.05) is 56.7 Å². The molecule has 7 heteroatoms. The predicted molar refractivity (Wildman–Crippen MR) is 136 cm³/mol. The van der Waals surface area contributed by atoms with Crippen LogP contribution in [0.5, 0.6) is 0 Å². The molecule has 0 radical (unpaired) electrons. The van der Waals surface area contributed by atoms with Crippen LogP contribution in [0.15, 0.2) is 42.7 Å². The molecule has 176 valence electrons. The van der Waals surface area contributed by atoms with Gasteiger partial charge in [-0.25, -0.2) is 4.98 Å². The maximum absolute atomic E-state index is 12.8. The number of aromatic nitrogens is 2. The highest BCUT2D eigenvalue weighted by Crippen LogP contribution is 2.38. The standard InChI is InChI=1S/C27H32N6O/c1-18-7-9-33-10-8-21(24(33)15-18)20-4-5-23(26-22(20)17-29-27(26)34)30-25-6-3-19(16-28-25)32-13-11-31(2)12-14-32/h3-6,8,10,16,18H,7,9,11-15,17H2,1-2H3,(H,28,30)(H,29,34)/t18-/m0/s1.